The lowest BCUT2D eigenvalue weighted by atomic mass is 10.1. The van der Waals surface area contributed by atoms with Crippen molar-refractivity contribution in [3.8, 4) is 0 Å². The van der Waals surface area contributed by atoms with Crippen molar-refractivity contribution in [3.63, 3.8) is 0 Å². The van der Waals surface area contributed by atoms with Crippen LogP contribution in [0.3, 0.4) is 0 Å². The molecule has 0 bridgehead atoms. The zero-order valence-corrected chi connectivity index (χ0v) is 16.8. The van der Waals surface area contributed by atoms with Crippen LogP contribution in [0.1, 0.15) is 34.5 Å². The fraction of sp³-hybridized carbons (Fsp3) is 0.263. The molecule has 0 saturated carbocycles. The van der Waals surface area contributed by atoms with E-state index in [0.29, 0.717) is 27.1 Å². The molecule has 0 aliphatic rings. The van der Waals surface area contributed by atoms with Crippen LogP contribution in [0.25, 0.3) is 0 Å². The van der Waals surface area contributed by atoms with Gasteiger partial charge in [-0.05, 0) is 42.3 Å². The van der Waals surface area contributed by atoms with E-state index >= 15 is 0 Å². The maximum Gasteiger partial charge on any atom is 0.337 e. The van der Waals surface area contributed by atoms with Crippen LogP contribution in [-0.2, 0) is 15.3 Å². The number of ether oxygens (including phenoxy) is 1. The van der Waals surface area contributed by atoms with E-state index in [1.165, 1.54) is 18.9 Å². The van der Waals surface area contributed by atoms with Crippen molar-refractivity contribution in [1.82, 2.24) is 5.32 Å². The Kier molecular flexibility index (Phi) is 7.82. The number of thioether (sulfide) groups is 1. The van der Waals surface area contributed by atoms with Crippen LogP contribution in [0.5, 0.6) is 0 Å². The number of esters is 1. The highest BCUT2D eigenvalue weighted by Gasteiger charge is 2.11. The van der Waals surface area contributed by atoms with E-state index in [9.17, 15) is 9.59 Å². The second kappa shape index (κ2) is 9.86. The number of hydrogen-bond acceptors (Lipinski definition) is 4. The molecular weight excluding hydrogens is 393 g/mol. The number of benzene rings is 2. The topological polar surface area (TPSA) is 55.4 Å². The largest absolute Gasteiger partial charge is 0.465 e. The van der Waals surface area contributed by atoms with Gasteiger partial charge in [-0.25, -0.2) is 4.79 Å². The first-order valence-corrected chi connectivity index (χ1v) is 9.81. The number of methoxy groups -OCH3 is 1. The third-order valence-electron chi connectivity index (χ3n) is 3.67. The molecule has 138 valence electrons. The van der Waals surface area contributed by atoms with Gasteiger partial charge in [0.2, 0.25) is 5.91 Å². The number of amides is 1. The molecule has 0 unspecified atom stereocenters. The lowest BCUT2D eigenvalue weighted by Crippen LogP contribution is -2.28. The van der Waals surface area contributed by atoms with Gasteiger partial charge in [-0.1, -0.05) is 41.4 Å². The molecule has 0 aliphatic heterocycles. The minimum absolute atomic E-state index is 0.0716. The van der Waals surface area contributed by atoms with Gasteiger partial charge in [-0.15, -0.1) is 11.8 Å². The quantitative estimate of drug-likeness (QED) is 0.658. The van der Waals surface area contributed by atoms with E-state index in [4.69, 9.17) is 27.9 Å². The van der Waals surface area contributed by atoms with E-state index in [1.807, 2.05) is 19.1 Å². The fourth-order valence-corrected chi connectivity index (χ4v) is 3.41. The summed E-state index contributed by atoms with van der Waals surface area (Å²) in [5.74, 6) is 0.496. The van der Waals surface area contributed by atoms with Gasteiger partial charge < -0.3 is 10.1 Å². The highest BCUT2D eigenvalue weighted by Crippen LogP contribution is 2.25. The summed E-state index contributed by atoms with van der Waals surface area (Å²) in [4.78, 5) is 23.7. The molecule has 0 heterocycles. The molecule has 2 aromatic carbocycles. The summed E-state index contributed by atoms with van der Waals surface area (Å²) in [7, 11) is 1.35. The summed E-state index contributed by atoms with van der Waals surface area (Å²) in [5.41, 5.74) is 2.36. The molecule has 1 atom stereocenters. The summed E-state index contributed by atoms with van der Waals surface area (Å²) in [5, 5.41) is 3.88. The Hall–Kier alpha value is -1.69. The van der Waals surface area contributed by atoms with E-state index in [0.717, 1.165) is 11.1 Å². The third kappa shape index (κ3) is 5.94. The molecule has 26 heavy (non-hydrogen) atoms. The molecular formula is C19H19Cl2NO3S. The molecule has 0 radical (unpaired) electrons. The first-order chi connectivity index (χ1) is 12.4. The van der Waals surface area contributed by atoms with Gasteiger partial charge in [0.25, 0.3) is 0 Å². The monoisotopic (exact) mass is 411 g/mol. The average molecular weight is 412 g/mol. The predicted octanol–water partition coefficient (Wildman–Crippen LogP) is 4.89. The van der Waals surface area contributed by atoms with Crippen LogP contribution < -0.4 is 5.32 Å². The fourth-order valence-electron chi connectivity index (χ4n) is 2.32. The Morgan fingerprint density at radius 2 is 1.92 bits per heavy atom. The molecule has 0 aliphatic carbocycles. The van der Waals surface area contributed by atoms with Gasteiger partial charge in [0.15, 0.2) is 0 Å². The van der Waals surface area contributed by atoms with Gasteiger partial charge >= 0.3 is 5.97 Å². The summed E-state index contributed by atoms with van der Waals surface area (Å²) in [6.45, 7) is 1.89. The van der Waals surface area contributed by atoms with Crippen LogP contribution in [0.4, 0.5) is 0 Å². The Labute approximate surface area is 167 Å². The maximum absolute atomic E-state index is 12.1. The SMILES string of the molecule is COC(=O)c1cccc(CSCC(=O)N[C@@H](C)c2ccc(Cl)c(Cl)c2)c1. The van der Waals surface area contributed by atoms with Crippen LogP contribution in [-0.4, -0.2) is 24.7 Å². The van der Waals surface area contributed by atoms with E-state index in [-0.39, 0.29) is 17.9 Å². The second-order valence-corrected chi connectivity index (χ2v) is 7.45. The predicted molar refractivity (Wildman–Crippen MR) is 107 cm³/mol. The maximum atomic E-state index is 12.1. The molecule has 0 saturated heterocycles. The Morgan fingerprint density at radius 3 is 2.62 bits per heavy atom. The van der Waals surface area contributed by atoms with E-state index in [1.54, 1.807) is 30.3 Å². The van der Waals surface area contributed by atoms with Crippen LogP contribution in [0.15, 0.2) is 42.5 Å². The third-order valence-corrected chi connectivity index (χ3v) is 5.41. The number of carbonyl (C=O) groups is 2. The van der Waals surface area contributed by atoms with Crippen molar-refractivity contribution >= 4 is 46.8 Å². The van der Waals surface area contributed by atoms with E-state index < -0.39 is 0 Å². The molecule has 2 aromatic rings. The summed E-state index contributed by atoms with van der Waals surface area (Å²) in [6, 6.07) is 12.3. The highest BCUT2D eigenvalue weighted by atomic mass is 35.5. The summed E-state index contributed by atoms with van der Waals surface area (Å²) in [6.07, 6.45) is 0. The molecule has 0 fully saturated rings. The van der Waals surface area contributed by atoms with Crippen molar-refractivity contribution in [2.24, 2.45) is 0 Å². The highest BCUT2D eigenvalue weighted by molar-refractivity contribution is 7.99. The molecule has 1 N–H and O–H groups in total. The first-order valence-electron chi connectivity index (χ1n) is 7.90. The second-order valence-electron chi connectivity index (χ2n) is 5.65. The van der Waals surface area contributed by atoms with Crippen LogP contribution in [0.2, 0.25) is 10.0 Å². The molecule has 0 aromatic heterocycles. The zero-order valence-electron chi connectivity index (χ0n) is 14.4. The van der Waals surface area contributed by atoms with Gasteiger partial charge in [0.1, 0.15) is 0 Å². The van der Waals surface area contributed by atoms with E-state index in [2.05, 4.69) is 5.32 Å². The zero-order chi connectivity index (χ0) is 19.1. The van der Waals surface area contributed by atoms with Crippen molar-refractivity contribution < 1.29 is 14.3 Å². The van der Waals surface area contributed by atoms with Crippen molar-refractivity contribution in [2.75, 3.05) is 12.9 Å². The van der Waals surface area contributed by atoms with Gasteiger partial charge in [-0.2, -0.15) is 0 Å². The van der Waals surface area contributed by atoms with Crippen LogP contribution in [0, 0.1) is 0 Å². The summed E-state index contributed by atoms with van der Waals surface area (Å²) < 4.78 is 4.71. The minimum Gasteiger partial charge on any atom is -0.465 e. The lowest BCUT2D eigenvalue weighted by Gasteiger charge is -2.15. The van der Waals surface area contributed by atoms with Crippen LogP contribution >= 0.6 is 35.0 Å². The lowest BCUT2D eigenvalue weighted by molar-refractivity contribution is -0.119. The molecule has 0 spiro atoms. The number of nitrogens with one attached hydrogen (secondary N) is 1. The molecule has 4 nitrogen and oxygen atoms in total. The molecule has 7 heteroatoms. The van der Waals surface area contributed by atoms with Crippen molar-refractivity contribution in [1.29, 1.82) is 0 Å². The molecule has 2 rings (SSSR count). The standard InChI is InChI=1S/C19H19Cl2NO3S/c1-12(14-6-7-16(20)17(21)9-14)22-18(23)11-26-10-13-4-3-5-15(8-13)19(24)25-2/h3-9,12H,10-11H2,1-2H3,(H,22,23)/t12-/m0/s1. The first kappa shape index (κ1) is 20.6. The normalized spacial score (nSPS) is 11.7. The average Bonchev–Trinajstić information content (AvgIpc) is 2.63. The van der Waals surface area contributed by atoms with Gasteiger partial charge in [0, 0.05) is 5.75 Å². The van der Waals surface area contributed by atoms with Gasteiger partial charge in [-0.3, -0.25) is 4.79 Å². The number of hydrogen-bond donors (Lipinski definition) is 1. The Morgan fingerprint density at radius 1 is 1.15 bits per heavy atom. The number of carbonyl (C=O) groups excluding carboxylic acids is 2. The van der Waals surface area contributed by atoms with Gasteiger partial charge in [0.05, 0.1) is 34.5 Å². The van der Waals surface area contributed by atoms with Crippen molar-refractivity contribution in [3.05, 3.63) is 69.2 Å². The number of rotatable bonds is 7. The number of halogens is 2. The Balaban J connectivity index is 1.83. The molecule has 1 amide bonds. The van der Waals surface area contributed by atoms with Crippen molar-refractivity contribution in [2.45, 2.75) is 18.7 Å². The smallest absolute Gasteiger partial charge is 0.337 e. The summed E-state index contributed by atoms with van der Waals surface area (Å²) >= 11 is 13.4. The minimum atomic E-state index is -0.370. The Bertz CT molecular complexity index is 798.